The molecule has 0 bridgehead atoms. The van der Waals surface area contributed by atoms with Crippen molar-refractivity contribution in [3.63, 3.8) is 0 Å². The molecule has 0 spiro atoms. The van der Waals surface area contributed by atoms with Gasteiger partial charge in [0.1, 0.15) is 24.4 Å². The summed E-state index contributed by atoms with van der Waals surface area (Å²) in [7, 11) is 4.95. The Morgan fingerprint density at radius 2 is 2.00 bits per heavy atom. The van der Waals surface area contributed by atoms with E-state index in [-0.39, 0.29) is 24.4 Å². The van der Waals surface area contributed by atoms with Gasteiger partial charge >= 0.3 is 0 Å². The zero-order valence-electron chi connectivity index (χ0n) is 11.8. The van der Waals surface area contributed by atoms with Gasteiger partial charge in [-0.05, 0) is 6.92 Å². The molecule has 2 rings (SSSR count). The third kappa shape index (κ3) is 3.11. The van der Waals surface area contributed by atoms with Gasteiger partial charge in [-0.25, -0.2) is 4.68 Å². The summed E-state index contributed by atoms with van der Waals surface area (Å²) in [5.74, 6) is 0. The molecule has 1 aliphatic rings. The molecule has 7 nitrogen and oxygen atoms in total. The van der Waals surface area contributed by atoms with Crippen molar-refractivity contribution >= 4 is 0 Å². The first-order valence-electron chi connectivity index (χ1n) is 6.26. The average molecular weight is 271 g/mol. The molecule has 1 saturated heterocycles. The van der Waals surface area contributed by atoms with Crippen LogP contribution in [0.2, 0.25) is 0 Å². The Morgan fingerprint density at radius 1 is 1.26 bits per heavy atom. The molecule has 4 atom stereocenters. The van der Waals surface area contributed by atoms with E-state index in [1.165, 1.54) is 0 Å². The standard InChI is InChI=1S/C12H21N3O4/c1-8-5-15(14-13-8)6-9-11(17-3)12(18-4)10(16-2)7-19-9/h5,9-12H,6-7H2,1-4H3/t9-,10+,11-,12-/m1/s1. The zero-order valence-corrected chi connectivity index (χ0v) is 11.8. The SMILES string of the molecule is CO[C@H]1[C@H](OC)[C@@H](Cn2cc(C)nn2)OC[C@@H]1OC. The van der Waals surface area contributed by atoms with Crippen LogP contribution < -0.4 is 0 Å². The van der Waals surface area contributed by atoms with Crippen LogP contribution in [-0.4, -0.2) is 67.3 Å². The molecule has 1 fully saturated rings. The third-order valence-corrected chi connectivity index (χ3v) is 3.40. The number of hydrogen-bond acceptors (Lipinski definition) is 6. The van der Waals surface area contributed by atoms with Gasteiger partial charge in [-0.15, -0.1) is 5.10 Å². The highest BCUT2D eigenvalue weighted by Gasteiger charge is 2.41. The van der Waals surface area contributed by atoms with Crippen LogP contribution in [0.25, 0.3) is 0 Å². The van der Waals surface area contributed by atoms with Crippen molar-refractivity contribution in [3.8, 4) is 0 Å². The van der Waals surface area contributed by atoms with Gasteiger partial charge in [0.15, 0.2) is 0 Å². The second-order valence-corrected chi connectivity index (χ2v) is 4.63. The Labute approximate surface area is 112 Å². The van der Waals surface area contributed by atoms with Gasteiger partial charge in [0, 0.05) is 27.5 Å². The number of nitrogens with zero attached hydrogens (tertiary/aromatic N) is 3. The van der Waals surface area contributed by atoms with Gasteiger partial charge in [-0.3, -0.25) is 0 Å². The molecule has 1 aromatic rings. The topological polar surface area (TPSA) is 67.6 Å². The van der Waals surface area contributed by atoms with E-state index in [0.29, 0.717) is 13.2 Å². The lowest BCUT2D eigenvalue weighted by Gasteiger charge is -2.40. The number of rotatable bonds is 5. The highest BCUT2D eigenvalue weighted by Crippen LogP contribution is 2.23. The molecular formula is C12H21N3O4. The van der Waals surface area contributed by atoms with E-state index in [9.17, 15) is 0 Å². The fourth-order valence-electron chi connectivity index (χ4n) is 2.43. The highest BCUT2D eigenvalue weighted by atomic mass is 16.6. The minimum Gasteiger partial charge on any atom is -0.376 e. The molecule has 0 amide bonds. The second kappa shape index (κ2) is 6.42. The van der Waals surface area contributed by atoms with Crippen molar-refractivity contribution in [2.75, 3.05) is 27.9 Å². The summed E-state index contributed by atoms with van der Waals surface area (Å²) in [6.45, 7) is 2.96. The normalized spacial score (nSPS) is 31.6. The van der Waals surface area contributed by atoms with E-state index >= 15 is 0 Å². The van der Waals surface area contributed by atoms with Crippen LogP contribution in [0, 0.1) is 6.92 Å². The second-order valence-electron chi connectivity index (χ2n) is 4.63. The maximum absolute atomic E-state index is 5.81. The van der Waals surface area contributed by atoms with Crippen LogP contribution in [0.1, 0.15) is 5.69 Å². The van der Waals surface area contributed by atoms with Crippen LogP contribution in [0.4, 0.5) is 0 Å². The van der Waals surface area contributed by atoms with Crippen molar-refractivity contribution in [1.82, 2.24) is 15.0 Å². The molecule has 1 aromatic heterocycles. The Bertz CT molecular complexity index is 398. The van der Waals surface area contributed by atoms with E-state index in [1.54, 1.807) is 26.0 Å². The first-order chi connectivity index (χ1) is 9.19. The van der Waals surface area contributed by atoms with Crippen LogP contribution in [0.15, 0.2) is 6.20 Å². The fourth-order valence-corrected chi connectivity index (χ4v) is 2.43. The van der Waals surface area contributed by atoms with Crippen molar-refractivity contribution in [2.24, 2.45) is 0 Å². The molecule has 19 heavy (non-hydrogen) atoms. The Balaban J connectivity index is 2.07. The Hall–Kier alpha value is -1.02. The van der Waals surface area contributed by atoms with E-state index in [4.69, 9.17) is 18.9 Å². The molecule has 0 radical (unpaired) electrons. The van der Waals surface area contributed by atoms with Gasteiger partial charge < -0.3 is 18.9 Å². The first kappa shape index (κ1) is 14.4. The summed E-state index contributed by atoms with van der Waals surface area (Å²) in [6.07, 6.45) is 1.26. The highest BCUT2D eigenvalue weighted by molar-refractivity contribution is 4.92. The summed E-state index contributed by atoms with van der Waals surface area (Å²) in [4.78, 5) is 0. The number of ether oxygens (including phenoxy) is 4. The van der Waals surface area contributed by atoms with Crippen molar-refractivity contribution in [3.05, 3.63) is 11.9 Å². The van der Waals surface area contributed by atoms with Crippen LogP contribution in [-0.2, 0) is 25.5 Å². The lowest BCUT2D eigenvalue weighted by atomic mass is 9.99. The monoisotopic (exact) mass is 271 g/mol. The molecule has 0 N–H and O–H groups in total. The zero-order chi connectivity index (χ0) is 13.8. The summed E-state index contributed by atoms with van der Waals surface area (Å²) in [5.41, 5.74) is 0.878. The molecular weight excluding hydrogens is 250 g/mol. The lowest BCUT2D eigenvalue weighted by Crippen LogP contribution is -2.56. The number of aromatic nitrogens is 3. The number of hydrogen-bond donors (Lipinski definition) is 0. The van der Waals surface area contributed by atoms with E-state index in [2.05, 4.69) is 10.3 Å². The molecule has 108 valence electrons. The fraction of sp³-hybridized carbons (Fsp3) is 0.833. The van der Waals surface area contributed by atoms with Crippen molar-refractivity contribution in [2.45, 2.75) is 37.9 Å². The molecule has 0 saturated carbocycles. The van der Waals surface area contributed by atoms with Gasteiger partial charge in [-0.2, -0.15) is 0 Å². The predicted molar refractivity (Wildman–Crippen MR) is 66.9 cm³/mol. The van der Waals surface area contributed by atoms with Crippen LogP contribution >= 0.6 is 0 Å². The quantitative estimate of drug-likeness (QED) is 0.752. The number of methoxy groups -OCH3 is 3. The van der Waals surface area contributed by atoms with Crippen molar-refractivity contribution < 1.29 is 18.9 Å². The Kier molecular flexibility index (Phi) is 4.87. The Morgan fingerprint density at radius 3 is 2.53 bits per heavy atom. The molecule has 7 heteroatoms. The lowest BCUT2D eigenvalue weighted by molar-refractivity contribution is -0.214. The first-order valence-corrected chi connectivity index (χ1v) is 6.26. The summed E-state index contributed by atoms with van der Waals surface area (Å²) in [5, 5.41) is 7.99. The summed E-state index contributed by atoms with van der Waals surface area (Å²) >= 11 is 0. The van der Waals surface area contributed by atoms with Gasteiger partial charge in [-0.1, -0.05) is 5.21 Å². The largest absolute Gasteiger partial charge is 0.376 e. The number of aryl methyl sites for hydroxylation is 1. The third-order valence-electron chi connectivity index (χ3n) is 3.40. The van der Waals surface area contributed by atoms with Crippen LogP contribution in [0.3, 0.4) is 0 Å². The maximum Gasteiger partial charge on any atom is 0.114 e. The summed E-state index contributed by atoms with van der Waals surface area (Å²) < 4.78 is 24.0. The molecule has 0 aliphatic carbocycles. The average Bonchev–Trinajstić information content (AvgIpc) is 2.83. The molecule has 0 unspecified atom stereocenters. The van der Waals surface area contributed by atoms with Gasteiger partial charge in [0.2, 0.25) is 0 Å². The van der Waals surface area contributed by atoms with E-state index in [0.717, 1.165) is 5.69 Å². The van der Waals surface area contributed by atoms with Gasteiger partial charge in [0.05, 0.1) is 18.8 Å². The van der Waals surface area contributed by atoms with Gasteiger partial charge in [0.25, 0.3) is 0 Å². The van der Waals surface area contributed by atoms with E-state index < -0.39 is 0 Å². The predicted octanol–water partition coefficient (Wildman–Crippen LogP) is 0.0303. The maximum atomic E-state index is 5.81. The molecule has 2 heterocycles. The van der Waals surface area contributed by atoms with E-state index in [1.807, 2.05) is 13.1 Å². The van der Waals surface area contributed by atoms with Crippen molar-refractivity contribution in [1.29, 1.82) is 0 Å². The minimum absolute atomic E-state index is 0.122. The smallest absolute Gasteiger partial charge is 0.114 e. The summed E-state index contributed by atoms with van der Waals surface area (Å²) in [6, 6.07) is 0. The molecule has 0 aromatic carbocycles. The minimum atomic E-state index is -0.201. The molecule has 1 aliphatic heterocycles. The van der Waals surface area contributed by atoms with Crippen LogP contribution in [0.5, 0.6) is 0 Å².